The van der Waals surface area contributed by atoms with Crippen molar-refractivity contribution in [2.24, 2.45) is 0 Å². The van der Waals surface area contributed by atoms with Crippen molar-refractivity contribution in [2.75, 3.05) is 0 Å². The minimum atomic E-state index is -0.303. The normalized spacial score (nSPS) is 10.5. The van der Waals surface area contributed by atoms with E-state index in [1.807, 2.05) is 6.07 Å². The van der Waals surface area contributed by atoms with E-state index in [2.05, 4.69) is 20.6 Å². The maximum Gasteiger partial charge on any atom is 0.253 e. The number of benzene rings is 1. The average molecular weight is 348 g/mol. The topological polar surface area (TPSA) is 72.7 Å². The second-order valence-corrected chi connectivity index (χ2v) is 5.52. The van der Waals surface area contributed by atoms with Gasteiger partial charge < -0.3 is 5.32 Å². The first kappa shape index (κ1) is 15.5. The van der Waals surface area contributed by atoms with Crippen molar-refractivity contribution < 1.29 is 4.79 Å². The fraction of sp³-hybridized carbons (Fsp3) is 0.0667. The molecule has 116 valence electrons. The minimum absolute atomic E-state index is 0.234. The predicted octanol–water partition coefficient (Wildman–Crippen LogP) is 2.90. The molecule has 0 bridgehead atoms. The summed E-state index contributed by atoms with van der Waals surface area (Å²) in [6, 6.07) is 8.38. The van der Waals surface area contributed by atoms with Gasteiger partial charge in [0, 0.05) is 11.2 Å². The summed E-state index contributed by atoms with van der Waals surface area (Å²) in [4.78, 5) is 16.1. The molecule has 3 rings (SSSR count). The highest BCUT2D eigenvalue weighted by Crippen LogP contribution is 2.20. The van der Waals surface area contributed by atoms with E-state index < -0.39 is 0 Å². The second kappa shape index (κ2) is 6.76. The monoisotopic (exact) mass is 347 g/mol. The van der Waals surface area contributed by atoms with Crippen LogP contribution in [0.3, 0.4) is 0 Å². The van der Waals surface area contributed by atoms with E-state index in [9.17, 15) is 4.79 Å². The molecule has 2 aromatic heterocycles. The van der Waals surface area contributed by atoms with Crippen molar-refractivity contribution in [2.45, 2.75) is 6.54 Å². The molecule has 6 nitrogen and oxygen atoms in total. The van der Waals surface area contributed by atoms with Gasteiger partial charge in [-0.05, 0) is 30.3 Å². The number of halogens is 2. The zero-order chi connectivity index (χ0) is 16.2. The molecular formula is C15H11Cl2N5O. The Morgan fingerprint density at radius 3 is 2.87 bits per heavy atom. The molecular weight excluding hydrogens is 337 g/mol. The van der Waals surface area contributed by atoms with Gasteiger partial charge >= 0.3 is 0 Å². The number of carbonyl (C=O) groups excluding carboxylic acids is 1. The molecule has 0 atom stereocenters. The zero-order valence-corrected chi connectivity index (χ0v) is 13.3. The first-order valence-corrected chi connectivity index (χ1v) is 7.44. The summed E-state index contributed by atoms with van der Waals surface area (Å²) in [7, 11) is 0. The standard InChI is InChI=1S/C15H11Cl2N5O/c16-10-3-4-13(14(17)6-10)15(23)19-7-11-9-22(21-20-11)12-2-1-5-18-8-12/h1-6,8-9H,7H2,(H,19,23). The zero-order valence-electron chi connectivity index (χ0n) is 11.8. The predicted molar refractivity (Wildman–Crippen MR) is 86.8 cm³/mol. The van der Waals surface area contributed by atoms with Gasteiger partial charge in [0.2, 0.25) is 0 Å². The molecule has 8 heteroatoms. The lowest BCUT2D eigenvalue weighted by Gasteiger charge is -2.05. The Labute approximate surface area is 142 Å². The molecule has 0 fully saturated rings. The van der Waals surface area contributed by atoms with Gasteiger partial charge in [-0.25, -0.2) is 4.68 Å². The molecule has 1 aromatic carbocycles. The van der Waals surface area contributed by atoms with Crippen LogP contribution < -0.4 is 5.32 Å². The molecule has 1 N–H and O–H groups in total. The van der Waals surface area contributed by atoms with Crippen LogP contribution in [-0.4, -0.2) is 25.9 Å². The molecule has 0 saturated heterocycles. The van der Waals surface area contributed by atoms with E-state index in [1.165, 1.54) is 6.07 Å². The Hall–Kier alpha value is -2.44. The van der Waals surface area contributed by atoms with E-state index >= 15 is 0 Å². The number of nitrogens with zero attached hydrogens (tertiary/aromatic N) is 4. The highest BCUT2D eigenvalue weighted by atomic mass is 35.5. The van der Waals surface area contributed by atoms with Crippen molar-refractivity contribution in [3.63, 3.8) is 0 Å². The highest BCUT2D eigenvalue weighted by Gasteiger charge is 2.11. The van der Waals surface area contributed by atoms with Crippen molar-refractivity contribution in [3.05, 3.63) is 70.2 Å². The summed E-state index contributed by atoms with van der Waals surface area (Å²) >= 11 is 11.8. The number of aromatic nitrogens is 4. The lowest BCUT2D eigenvalue weighted by atomic mass is 10.2. The van der Waals surface area contributed by atoms with Gasteiger partial charge in [-0.1, -0.05) is 28.4 Å². The van der Waals surface area contributed by atoms with E-state index in [1.54, 1.807) is 41.5 Å². The summed E-state index contributed by atoms with van der Waals surface area (Å²) in [5.41, 5.74) is 1.77. The number of pyridine rings is 1. The second-order valence-electron chi connectivity index (χ2n) is 4.67. The summed E-state index contributed by atoms with van der Waals surface area (Å²) in [5.74, 6) is -0.303. The van der Waals surface area contributed by atoms with Crippen LogP contribution in [0, 0.1) is 0 Å². The molecule has 0 aliphatic carbocycles. The van der Waals surface area contributed by atoms with Crippen LogP contribution in [0.15, 0.2) is 48.9 Å². The van der Waals surface area contributed by atoms with Crippen molar-refractivity contribution in [1.82, 2.24) is 25.3 Å². The van der Waals surface area contributed by atoms with Crippen LogP contribution in [0.2, 0.25) is 10.0 Å². The van der Waals surface area contributed by atoms with Gasteiger partial charge in [0.15, 0.2) is 0 Å². The van der Waals surface area contributed by atoms with E-state index in [0.29, 0.717) is 21.3 Å². The Balaban J connectivity index is 1.67. The molecule has 0 radical (unpaired) electrons. The molecule has 0 spiro atoms. The molecule has 0 saturated carbocycles. The Morgan fingerprint density at radius 2 is 2.13 bits per heavy atom. The first-order valence-electron chi connectivity index (χ1n) is 6.68. The number of carbonyl (C=O) groups is 1. The summed E-state index contributed by atoms with van der Waals surface area (Å²) in [6.07, 6.45) is 5.07. The van der Waals surface area contributed by atoms with Gasteiger partial charge in [0.1, 0.15) is 5.69 Å². The third-order valence-corrected chi connectivity index (χ3v) is 3.60. The van der Waals surface area contributed by atoms with Gasteiger partial charge in [-0.3, -0.25) is 9.78 Å². The smallest absolute Gasteiger partial charge is 0.253 e. The van der Waals surface area contributed by atoms with Gasteiger partial charge in [0.25, 0.3) is 5.91 Å². The summed E-state index contributed by atoms with van der Waals surface area (Å²) < 4.78 is 1.59. The maximum absolute atomic E-state index is 12.1. The number of nitrogens with one attached hydrogen (secondary N) is 1. The van der Waals surface area contributed by atoms with Crippen LogP contribution in [0.1, 0.15) is 16.1 Å². The van der Waals surface area contributed by atoms with Crippen molar-refractivity contribution in [3.8, 4) is 5.69 Å². The van der Waals surface area contributed by atoms with Gasteiger partial charge in [-0.15, -0.1) is 5.10 Å². The lowest BCUT2D eigenvalue weighted by Crippen LogP contribution is -2.23. The quantitative estimate of drug-likeness (QED) is 0.787. The van der Waals surface area contributed by atoms with Gasteiger partial charge in [0.05, 0.1) is 35.2 Å². The molecule has 2 heterocycles. The SMILES string of the molecule is O=C(NCc1cn(-c2cccnc2)nn1)c1ccc(Cl)cc1Cl. The number of hydrogen-bond acceptors (Lipinski definition) is 4. The molecule has 23 heavy (non-hydrogen) atoms. The van der Waals surface area contributed by atoms with E-state index in [0.717, 1.165) is 5.69 Å². The van der Waals surface area contributed by atoms with E-state index in [-0.39, 0.29) is 12.5 Å². The van der Waals surface area contributed by atoms with Crippen molar-refractivity contribution >= 4 is 29.1 Å². The fourth-order valence-corrected chi connectivity index (χ4v) is 2.43. The van der Waals surface area contributed by atoms with Crippen LogP contribution in [0.5, 0.6) is 0 Å². The first-order chi connectivity index (χ1) is 11.1. The average Bonchev–Trinajstić information content (AvgIpc) is 3.02. The Bertz CT molecular complexity index is 835. The minimum Gasteiger partial charge on any atom is -0.346 e. The largest absolute Gasteiger partial charge is 0.346 e. The maximum atomic E-state index is 12.1. The van der Waals surface area contributed by atoms with Crippen LogP contribution in [-0.2, 0) is 6.54 Å². The molecule has 1 amide bonds. The summed E-state index contributed by atoms with van der Waals surface area (Å²) in [5, 5.41) is 11.5. The number of hydrogen-bond donors (Lipinski definition) is 1. The fourth-order valence-electron chi connectivity index (χ4n) is 1.93. The summed E-state index contributed by atoms with van der Waals surface area (Å²) in [6.45, 7) is 0.234. The third kappa shape index (κ3) is 3.67. The highest BCUT2D eigenvalue weighted by molar-refractivity contribution is 6.36. The molecule has 3 aromatic rings. The molecule has 0 aliphatic rings. The van der Waals surface area contributed by atoms with Crippen LogP contribution in [0.25, 0.3) is 5.69 Å². The molecule has 0 aliphatic heterocycles. The third-order valence-electron chi connectivity index (χ3n) is 3.06. The van der Waals surface area contributed by atoms with Crippen LogP contribution in [0.4, 0.5) is 0 Å². The Morgan fingerprint density at radius 1 is 1.26 bits per heavy atom. The van der Waals surface area contributed by atoms with E-state index in [4.69, 9.17) is 23.2 Å². The van der Waals surface area contributed by atoms with Gasteiger partial charge in [-0.2, -0.15) is 0 Å². The Kier molecular flexibility index (Phi) is 4.55. The lowest BCUT2D eigenvalue weighted by molar-refractivity contribution is 0.0950. The number of amides is 1. The number of rotatable bonds is 4. The van der Waals surface area contributed by atoms with Crippen LogP contribution >= 0.6 is 23.2 Å². The molecule has 0 unspecified atom stereocenters. The van der Waals surface area contributed by atoms with Crippen molar-refractivity contribution in [1.29, 1.82) is 0 Å².